The van der Waals surface area contributed by atoms with Gasteiger partial charge in [0.15, 0.2) is 0 Å². The molecule has 1 atom stereocenters. The smallest absolute Gasteiger partial charge is 0.0382 e. The number of rotatable bonds is 3. The average molecular weight is 345 g/mol. The summed E-state index contributed by atoms with van der Waals surface area (Å²) >= 11 is 0. The molecule has 1 heterocycles. The van der Waals surface area contributed by atoms with Crippen LogP contribution in [0, 0.1) is 19.8 Å². The normalized spacial score (nSPS) is 21.0. The standard InChI is InChI=1S/C18H28N2.2ClH/c1-14-6-5-7-15(2)17(14)18(16-8-3-4-9-16)20-12-10-19-11-13-20;;/h5-7,16,18-19H,3-4,8-13H2,1-2H3;2*1H/t18-;;/m0../s1. The summed E-state index contributed by atoms with van der Waals surface area (Å²) in [6.07, 6.45) is 5.70. The van der Waals surface area contributed by atoms with Crippen LogP contribution in [0.3, 0.4) is 0 Å². The minimum absolute atomic E-state index is 0. The molecule has 1 N–H and O–H groups in total. The first-order valence-corrected chi connectivity index (χ1v) is 8.28. The lowest BCUT2D eigenvalue weighted by molar-refractivity contribution is 0.124. The third-order valence-corrected chi connectivity index (χ3v) is 5.23. The molecule has 2 nitrogen and oxygen atoms in total. The minimum Gasteiger partial charge on any atom is -0.314 e. The lowest BCUT2D eigenvalue weighted by Gasteiger charge is -2.40. The Hall–Kier alpha value is -0.280. The zero-order chi connectivity index (χ0) is 13.9. The summed E-state index contributed by atoms with van der Waals surface area (Å²) in [5, 5.41) is 3.50. The van der Waals surface area contributed by atoms with Gasteiger partial charge in [0.1, 0.15) is 0 Å². The van der Waals surface area contributed by atoms with Crippen LogP contribution >= 0.6 is 24.8 Å². The van der Waals surface area contributed by atoms with Gasteiger partial charge in [-0.25, -0.2) is 0 Å². The van der Waals surface area contributed by atoms with Crippen LogP contribution in [0.1, 0.15) is 48.4 Å². The zero-order valence-electron chi connectivity index (χ0n) is 13.8. The van der Waals surface area contributed by atoms with E-state index >= 15 is 0 Å². The molecule has 4 heteroatoms. The summed E-state index contributed by atoms with van der Waals surface area (Å²) in [6, 6.07) is 7.46. The van der Waals surface area contributed by atoms with Gasteiger partial charge in [0.2, 0.25) is 0 Å². The number of benzene rings is 1. The van der Waals surface area contributed by atoms with Crippen molar-refractivity contribution in [2.45, 2.75) is 45.6 Å². The molecule has 0 bridgehead atoms. The van der Waals surface area contributed by atoms with E-state index < -0.39 is 0 Å². The largest absolute Gasteiger partial charge is 0.314 e. The molecule has 1 aliphatic heterocycles. The van der Waals surface area contributed by atoms with E-state index in [1.165, 1.54) is 49.9 Å². The average Bonchev–Trinajstić information content (AvgIpc) is 2.98. The van der Waals surface area contributed by atoms with Gasteiger partial charge < -0.3 is 5.32 Å². The number of halogens is 2. The van der Waals surface area contributed by atoms with Gasteiger partial charge in [-0.1, -0.05) is 31.0 Å². The van der Waals surface area contributed by atoms with Crippen molar-refractivity contribution >= 4 is 24.8 Å². The quantitative estimate of drug-likeness (QED) is 0.879. The number of hydrogen-bond acceptors (Lipinski definition) is 2. The number of piperazine rings is 1. The molecule has 1 saturated heterocycles. The van der Waals surface area contributed by atoms with Crippen LogP contribution in [-0.2, 0) is 0 Å². The second-order valence-electron chi connectivity index (χ2n) is 6.58. The Kier molecular flexibility index (Phi) is 8.20. The zero-order valence-corrected chi connectivity index (χ0v) is 15.4. The van der Waals surface area contributed by atoms with Crippen molar-refractivity contribution in [3.63, 3.8) is 0 Å². The first kappa shape index (κ1) is 19.8. The predicted octanol–water partition coefficient (Wildman–Crippen LogP) is 4.28. The maximum atomic E-state index is 3.50. The van der Waals surface area contributed by atoms with Gasteiger partial charge in [0.25, 0.3) is 0 Å². The van der Waals surface area contributed by atoms with Gasteiger partial charge >= 0.3 is 0 Å². The first-order chi connectivity index (χ1) is 9.77. The molecule has 0 aromatic heterocycles. The molecule has 2 fully saturated rings. The van der Waals surface area contributed by atoms with E-state index in [1.807, 2.05) is 0 Å². The Morgan fingerprint density at radius 1 is 1.00 bits per heavy atom. The SMILES string of the molecule is Cc1cccc(C)c1[C@H](C1CCCC1)N1CCNCC1.Cl.Cl. The van der Waals surface area contributed by atoms with Crippen molar-refractivity contribution in [3.8, 4) is 0 Å². The molecule has 0 spiro atoms. The van der Waals surface area contributed by atoms with Crippen LogP contribution in [-0.4, -0.2) is 31.1 Å². The third kappa shape index (κ3) is 4.17. The first-order valence-electron chi connectivity index (χ1n) is 8.28. The Bertz CT molecular complexity index is 432. The monoisotopic (exact) mass is 344 g/mol. The van der Waals surface area contributed by atoms with Crippen LogP contribution in [0.4, 0.5) is 0 Å². The fourth-order valence-corrected chi connectivity index (χ4v) is 4.24. The molecule has 0 radical (unpaired) electrons. The van der Waals surface area contributed by atoms with Gasteiger partial charge in [-0.05, 0) is 49.3 Å². The topological polar surface area (TPSA) is 15.3 Å². The van der Waals surface area contributed by atoms with Gasteiger partial charge in [-0.15, -0.1) is 24.8 Å². The van der Waals surface area contributed by atoms with E-state index in [4.69, 9.17) is 0 Å². The van der Waals surface area contributed by atoms with Crippen LogP contribution in [0.15, 0.2) is 18.2 Å². The van der Waals surface area contributed by atoms with Crippen molar-refractivity contribution in [2.24, 2.45) is 5.92 Å². The van der Waals surface area contributed by atoms with Crippen molar-refractivity contribution < 1.29 is 0 Å². The molecule has 126 valence electrons. The molecule has 0 amide bonds. The van der Waals surface area contributed by atoms with Crippen LogP contribution in [0.5, 0.6) is 0 Å². The summed E-state index contributed by atoms with van der Waals surface area (Å²) in [5.74, 6) is 0.868. The Morgan fingerprint density at radius 3 is 2.09 bits per heavy atom. The molecule has 3 rings (SSSR count). The molecule has 1 saturated carbocycles. The van der Waals surface area contributed by atoms with Crippen molar-refractivity contribution in [2.75, 3.05) is 26.2 Å². The van der Waals surface area contributed by atoms with Gasteiger partial charge in [-0.2, -0.15) is 0 Å². The highest BCUT2D eigenvalue weighted by atomic mass is 35.5. The Morgan fingerprint density at radius 2 is 1.55 bits per heavy atom. The molecular weight excluding hydrogens is 315 g/mol. The minimum atomic E-state index is 0. The van der Waals surface area contributed by atoms with Crippen LogP contribution in [0.2, 0.25) is 0 Å². The molecule has 1 aromatic carbocycles. The molecular formula is C18H30Cl2N2. The highest BCUT2D eigenvalue weighted by Crippen LogP contribution is 2.41. The van der Waals surface area contributed by atoms with Gasteiger partial charge in [0, 0.05) is 32.2 Å². The second kappa shape index (κ2) is 9.12. The predicted molar refractivity (Wildman–Crippen MR) is 99.6 cm³/mol. The van der Waals surface area contributed by atoms with E-state index in [-0.39, 0.29) is 24.8 Å². The van der Waals surface area contributed by atoms with Crippen molar-refractivity contribution in [1.29, 1.82) is 0 Å². The van der Waals surface area contributed by atoms with E-state index in [0.717, 1.165) is 19.0 Å². The van der Waals surface area contributed by atoms with Crippen molar-refractivity contribution in [1.82, 2.24) is 10.2 Å². The third-order valence-electron chi connectivity index (χ3n) is 5.23. The summed E-state index contributed by atoms with van der Waals surface area (Å²) in [5.41, 5.74) is 4.60. The number of hydrogen-bond donors (Lipinski definition) is 1. The Balaban J connectivity index is 0.00000121. The fourth-order valence-electron chi connectivity index (χ4n) is 4.24. The van der Waals surface area contributed by atoms with E-state index in [1.54, 1.807) is 5.56 Å². The van der Waals surface area contributed by atoms with Crippen LogP contribution in [0.25, 0.3) is 0 Å². The van der Waals surface area contributed by atoms with Gasteiger partial charge in [0.05, 0.1) is 0 Å². The summed E-state index contributed by atoms with van der Waals surface area (Å²) in [7, 11) is 0. The summed E-state index contributed by atoms with van der Waals surface area (Å²) in [6.45, 7) is 9.30. The highest BCUT2D eigenvalue weighted by molar-refractivity contribution is 5.85. The molecule has 22 heavy (non-hydrogen) atoms. The number of nitrogens with one attached hydrogen (secondary N) is 1. The van der Waals surface area contributed by atoms with Crippen LogP contribution < -0.4 is 5.32 Å². The molecule has 1 aromatic rings. The van der Waals surface area contributed by atoms with E-state index in [2.05, 4.69) is 42.3 Å². The lowest BCUT2D eigenvalue weighted by Crippen LogP contribution is -2.47. The summed E-state index contributed by atoms with van der Waals surface area (Å²) < 4.78 is 0. The fraction of sp³-hybridized carbons (Fsp3) is 0.667. The lowest BCUT2D eigenvalue weighted by atomic mass is 9.85. The molecule has 1 aliphatic carbocycles. The molecule has 0 unspecified atom stereocenters. The van der Waals surface area contributed by atoms with E-state index in [0.29, 0.717) is 6.04 Å². The Labute approximate surface area is 147 Å². The summed E-state index contributed by atoms with van der Waals surface area (Å²) in [4.78, 5) is 2.75. The number of nitrogens with zero attached hydrogens (tertiary/aromatic N) is 1. The second-order valence-corrected chi connectivity index (χ2v) is 6.58. The maximum Gasteiger partial charge on any atom is 0.0382 e. The molecule has 2 aliphatic rings. The van der Waals surface area contributed by atoms with E-state index in [9.17, 15) is 0 Å². The van der Waals surface area contributed by atoms with Crippen molar-refractivity contribution in [3.05, 3.63) is 34.9 Å². The maximum absolute atomic E-state index is 3.50. The highest BCUT2D eigenvalue weighted by Gasteiger charge is 2.33. The van der Waals surface area contributed by atoms with Gasteiger partial charge in [-0.3, -0.25) is 4.90 Å². The number of aryl methyl sites for hydroxylation is 2.